The molecule has 2 heterocycles. The molecule has 0 atom stereocenters. The Labute approximate surface area is 169 Å². The highest BCUT2D eigenvalue weighted by Gasteiger charge is 2.28. The van der Waals surface area contributed by atoms with Crippen molar-refractivity contribution in [3.8, 4) is 0 Å². The van der Waals surface area contributed by atoms with Crippen LogP contribution in [-0.2, 0) is 16.5 Å². The molecule has 0 spiro atoms. The summed E-state index contributed by atoms with van der Waals surface area (Å²) < 4.78 is 12.2. The van der Waals surface area contributed by atoms with E-state index >= 15 is 0 Å². The van der Waals surface area contributed by atoms with Gasteiger partial charge in [0.05, 0.1) is 28.9 Å². The van der Waals surface area contributed by atoms with Crippen LogP contribution in [-0.4, -0.2) is 40.8 Å². The lowest BCUT2D eigenvalue weighted by Crippen LogP contribution is -2.16. The second-order valence-corrected chi connectivity index (χ2v) is 7.34. The molecule has 146 valence electrons. The Morgan fingerprint density at radius 3 is 2.26 bits per heavy atom. The molecular weight excluding hydrogens is 438 g/mol. The molecule has 0 aliphatic rings. The van der Waals surface area contributed by atoms with Crippen LogP contribution < -0.4 is 5.32 Å². The number of esters is 2. The zero-order valence-corrected chi connectivity index (χ0v) is 18.0. The van der Waals surface area contributed by atoms with Crippen LogP contribution in [0.1, 0.15) is 55.6 Å². The van der Waals surface area contributed by atoms with Crippen molar-refractivity contribution in [2.24, 2.45) is 7.05 Å². The molecule has 1 amide bonds. The van der Waals surface area contributed by atoms with Crippen LogP contribution >= 0.6 is 27.3 Å². The second kappa shape index (κ2) is 8.66. The van der Waals surface area contributed by atoms with Crippen molar-refractivity contribution >= 4 is 50.1 Å². The smallest absolute Gasteiger partial charge is 0.348 e. The van der Waals surface area contributed by atoms with E-state index in [1.54, 1.807) is 32.5 Å². The summed E-state index contributed by atoms with van der Waals surface area (Å²) >= 11 is 4.32. The molecule has 2 aromatic rings. The molecule has 0 aromatic carbocycles. The molecule has 2 rings (SSSR count). The van der Waals surface area contributed by atoms with Crippen molar-refractivity contribution in [2.45, 2.75) is 27.7 Å². The predicted molar refractivity (Wildman–Crippen MR) is 105 cm³/mol. The van der Waals surface area contributed by atoms with Gasteiger partial charge in [0.25, 0.3) is 5.91 Å². The number of aryl methyl sites for hydroxylation is 1. The van der Waals surface area contributed by atoms with Gasteiger partial charge in [-0.2, -0.15) is 5.10 Å². The van der Waals surface area contributed by atoms with Gasteiger partial charge in [0, 0.05) is 7.05 Å². The van der Waals surface area contributed by atoms with E-state index in [2.05, 4.69) is 26.3 Å². The van der Waals surface area contributed by atoms with E-state index in [-0.39, 0.29) is 34.3 Å². The van der Waals surface area contributed by atoms with E-state index in [9.17, 15) is 14.4 Å². The molecule has 10 heteroatoms. The lowest BCUT2D eigenvalue weighted by molar-refractivity contribution is 0.0527. The topological polar surface area (TPSA) is 99.5 Å². The van der Waals surface area contributed by atoms with Gasteiger partial charge in [-0.05, 0) is 49.2 Å². The Balaban J connectivity index is 2.46. The first kappa shape index (κ1) is 21.1. The number of nitrogens with zero attached hydrogens (tertiary/aromatic N) is 2. The van der Waals surface area contributed by atoms with Crippen LogP contribution in [0.5, 0.6) is 0 Å². The minimum atomic E-state index is -0.617. The van der Waals surface area contributed by atoms with Crippen LogP contribution in [0.2, 0.25) is 0 Å². The molecular formula is C17H20BrN3O5S. The fourth-order valence-electron chi connectivity index (χ4n) is 2.33. The van der Waals surface area contributed by atoms with Gasteiger partial charge in [0.2, 0.25) is 0 Å². The number of rotatable bonds is 6. The Bertz CT molecular complexity index is 903. The van der Waals surface area contributed by atoms with Gasteiger partial charge >= 0.3 is 11.9 Å². The fraction of sp³-hybridized carbons (Fsp3) is 0.412. The first-order valence-corrected chi connectivity index (χ1v) is 9.81. The van der Waals surface area contributed by atoms with Crippen molar-refractivity contribution in [2.75, 3.05) is 18.5 Å². The molecule has 27 heavy (non-hydrogen) atoms. The van der Waals surface area contributed by atoms with Gasteiger partial charge < -0.3 is 14.8 Å². The molecule has 0 bridgehead atoms. The lowest BCUT2D eigenvalue weighted by atomic mass is 10.1. The summed E-state index contributed by atoms with van der Waals surface area (Å²) in [5, 5.41) is 7.05. The van der Waals surface area contributed by atoms with Crippen LogP contribution in [0.15, 0.2) is 4.47 Å². The van der Waals surface area contributed by atoms with Gasteiger partial charge in [0.15, 0.2) is 5.69 Å². The molecule has 0 aliphatic heterocycles. The average Bonchev–Trinajstić information content (AvgIpc) is 3.06. The fourth-order valence-corrected chi connectivity index (χ4v) is 3.93. The SMILES string of the molecule is CCOC(=O)c1sc(NC(=O)c2nn(C)c(C)c2Br)c(C(=O)OCC)c1C. The zero-order valence-electron chi connectivity index (χ0n) is 15.6. The third-order valence-corrected chi connectivity index (χ3v) is 5.93. The van der Waals surface area contributed by atoms with Crippen LogP contribution in [0.25, 0.3) is 0 Å². The van der Waals surface area contributed by atoms with E-state index < -0.39 is 17.8 Å². The molecule has 1 N–H and O–H groups in total. The molecule has 8 nitrogen and oxygen atoms in total. The Morgan fingerprint density at radius 2 is 1.74 bits per heavy atom. The number of carbonyl (C=O) groups excluding carboxylic acids is 3. The second-order valence-electron chi connectivity index (χ2n) is 5.53. The Hall–Kier alpha value is -2.20. The van der Waals surface area contributed by atoms with Crippen LogP contribution in [0.4, 0.5) is 5.00 Å². The van der Waals surface area contributed by atoms with Crippen molar-refractivity contribution in [3.05, 3.63) is 31.9 Å². The maximum atomic E-state index is 12.7. The van der Waals surface area contributed by atoms with Crippen molar-refractivity contribution in [1.82, 2.24) is 9.78 Å². The summed E-state index contributed by atoms with van der Waals surface area (Å²) in [4.78, 5) is 37.5. The van der Waals surface area contributed by atoms with Gasteiger partial charge in [-0.3, -0.25) is 9.48 Å². The molecule has 0 radical (unpaired) electrons. The summed E-state index contributed by atoms with van der Waals surface area (Å²) in [6.07, 6.45) is 0. The largest absolute Gasteiger partial charge is 0.462 e. The molecule has 0 saturated heterocycles. The summed E-state index contributed by atoms with van der Waals surface area (Å²) in [7, 11) is 1.72. The van der Waals surface area contributed by atoms with Gasteiger partial charge in [-0.15, -0.1) is 11.3 Å². The third kappa shape index (κ3) is 4.22. The number of hydrogen-bond donors (Lipinski definition) is 1. The number of ether oxygens (including phenoxy) is 2. The van der Waals surface area contributed by atoms with Crippen molar-refractivity contribution < 1.29 is 23.9 Å². The van der Waals surface area contributed by atoms with E-state index in [1.807, 2.05) is 6.92 Å². The number of hydrogen-bond acceptors (Lipinski definition) is 7. The molecule has 0 fully saturated rings. The standard InChI is InChI=1S/C17H20BrN3O5S/c1-6-25-16(23)10-8(3)13(17(24)26-7-2)27-15(10)19-14(22)12-11(18)9(4)21(5)20-12/h6-7H2,1-5H3,(H,19,22). The summed E-state index contributed by atoms with van der Waals surface area (Å²) in [5.41, 5.74) is 1.50. The summed E-state index contributed by atoms with van der Waals surface area (Å²) in [6, 6.07) is 0. The number of nitrogens with one attached hydrogen (secondary N) is 1. The number of halogens is 1. The summed E-state index contributed by atoms with van der Waals surface area (Å²) in [6.45, 7) is 7.17. The van der Waals surface area contributed by atoms with Gasteiger partial charge in [-0.25, -0.2) is 9.59 Å². The highest BCUT2D eigenvalue weighted by atomic mass is 79.9. The van der Waals surface area contributed by atoms with Gasteiger partial charge in [-0.1, -0.05) is 0 Å². The van der Waals surface area contributed by atoms with Crippen LogP contribution in [0, 0.1) is 13.8 Å². The number of amides is 1. The number of aromatic nitrogens is 2. The zero-order chi connectivity index (χ0) is 20.3. The van der Waals surface area contributed by atoms with E-state index in [4.69, 9.17) is 9.47 Å². The number of thiophene rings is 1. The van der Waals surface area contributed by atoms with E-state index in [0.717, 1.165) is 17.0 Å². The Morgan fingerprint density at radius 1 is 1.15 bits per heavy atom. The average molecular weight is 458 g/mol. The highest BCUT2D eigenvalue weighted by Crippen LogP contribution is 2.35. The Kier molecular flexibility index (Phi) is 6.77. The quantitative estimate of drug-likeness (QED) is 0.666. The number of anilines is 1. The van der Waals surface area contributed by atoms with Crippen LogP contribution in [0.3, 0.4) is 0 Å². The third-order valence-electron chi connectivity index (χ3n) is 3.79. The normalized spacial score (nSPS) is 10.6. The number of carbonyl (C=O) groups is 3. The van der Waals surface area contributed by atoms with E-state index in [0.29, 0.717) is 10.0 Å². The monoisotopic (exact) mass is 457 g/mol. The highest BCUT2D eigenvalue weighted by molar-refractivity contribution is 9.10. The van der Waals surface area contributed by atoms with Crippen molar-refractivity contribution in [3.63, 3.8) is 0 Å². The van der Waals surface area contributed by atoms with Crippen molar-refractivity contribution in [1.29, 1.82) is 0 Å². The first-order chi connectivity index (χ1) is 12.7. The maximum Gasteiger partial charge on any atom is 0.348 e. The molecule has 2 aromatic heterocycles. The minimum Gasteiger partial charge on any atom is -0.462 e. The van der Waals surface area contributed by atoms with E-state index in [1.165, 1.54) is 0 Å². The lowest BCUT2D eigenvalue weighted by Gasteiger charge is -2.06. The molecule has 0 unspecified atom stereocenters. The first-order valence-electron chi connectivity index (χ1n) is 8.20. The molecule has 0 saturated carbocycles. The predicted octanol–water partition coefficient (Wildman–Crippen LogP) is 3.47. The molecule has 0 aliphatic carbocycles. The summed E-state index contributed by atoms with van der Waals surface area (Å²) in [5.74, 6) is -1.68. The maximum absolute atomic E-state index is 12.7. The van der Waals surface area contributed by atoms with Gasteiger partial charge in [0.1, 0.15) is 9.88 Å². The minimum absolute atomic E-state index is 0.141.